The Balaban J connectivity index is 1.17. The molecule has 204 valence electrons. The van der Waals surface area contributed by atoms with E-state index in [4.69, 9.17) is 25.2 Å². The number of carbonyl (C=O) groups is 2. The second-order valence-electron chi connectivity index (χ2n) is 10.5. The Kier molecular flexibility index (Phi) is 8.27. The predicted octanol–water partition coefficient (Wildman–Crippen LogP) is 7.17. The Labute approximate surface area is 233 Å². The van der Waals surface area contributed by atoms with Crippen LogP contribution >= 0.6 is 11.6 Å². The van der Waals surface area contributed by atoms with E-state index in [0.717, 1.165) is 40.7 Å². The number of hydrogen-bond donors (Lipinski definition) is 1. The van der Waals surface area contributed by atoms with Gasteiger partial charge in [0.25, 0.3) is 5.91 Å². The third kappa shape index (κ3) is 6.66. The van der Waals surface area contributed by atoms with Crippen LogP contribution < -0.4 is 5.32 Å². The molecule has 7 nitrogen and oxygen atoms in total. The summed E-state index contributed by atoms with van der Waals surface area (Å²) < 4.78 is 17.4. The number of amides is 2. The lowest BCUT2D eigenvalue weighted by Crippen LogP contribution is -2.42. The molecule has 1 saturated heterocycles. The summed E-state index contributed by atoms with van der Waals surface area (Å²) in [6, 6.07) is 19.2. The zero-order chi connectivity index (χ0) is 27.4. The molecule has 0 atom stereocenters. The largest absolute Gasteiger partial charge is 0.456 e. The highest BCUT2D eigenvalue weighted by Gasteiger charge is 2.25. The molecule has 39 heavy (non-hydrogen) atoms. The van der Waals surface area contributed by atoms with Gasteiger partial charge < -0.3 is 23.8 Å². The lowest BCUT2D eigenvalue weighted by molar-refractivity contribution is 0.0769. The Morgan fingerprint density at radius 1 is 1.05 bits per heavy atom. The second-order valence-corrected chi connectivity index (χ2v) is 11.0. The van der Waals surface area contributed by atoms with Crippen LogP contribution in [0.2, 0.25) is 5.02 Å². The summed E-state index contributed by atoms with van der Waals surface area (Å²) in [7, 11) is 0. The van der Waals surface area contributed by atoms with Crippen LogP contribution in [0.4, 0.5) is 4.79 Å². The number of benzene rings is 2. The van der Waals surface area contributed by atoms with Gasteiger partial charge in [0.05, 0.1) is 6.61 Å². The second kappa shape index (κ2) is 12.0. The van der Waals surface area contributed by atoms with Crippen molar-refractivity contribution in [3.05, 3.63) is 82.8 Å². The van der Waals surface area contributed by atoms with Crippen molar-refractivity contribution in [1.82, 2.24) is 10.2 Å². The van der Waals surface area contributed by atoms with E-state index in [-0.39, 0.29) is 17.8 Å². The summed E-state index contributed by atoms with van der Waals surface area (Å²) in [5.74, 6) is 2.05. The van der Waals surface area contributed by atoms with Gasteiger partial charge in [0.15, 0.2) is 5.76 Å². The Morgan fingerprint density at radius 3 is 2.56 bits per heavy atom. The van der Waals surface area contributed by atoms with Gasteiger partial charge in [-0.05, 0) is 55.0 Å². The van der Waals surface area contributed by atoms with Crippen molar-refractivity contribution in [2.24, 2.45) is 11.8 Å². The number of halogens is 1. The minimum Gasteiger partial charge on any atom is -0.456 e. The van der Waals surface area contributed by atoms with Crippen LogP contribution in [0.25, 0.3) is 22.3 Å². The third-order valence-electron chi connectivity index (χ3n) is 6.93. The minimum absolute atomic E-state index is 0.249. The molecule has 0 radical (unpaired) electrons. The van der Waals surface area contributed by atoms with Gasteiger partial charge in [-0.25, -0.2) is 4.79 Å². The van der Waals surface area contributed by atoms with Crippen molar-refractivity contribution in [2.75, 3.05) is 26.2 Å². The SMILES string of the molecule is CC(C)COC(=O)N1CCC(CNC(=O)c2ccc(Cc3cc(Cl)cc4cc(-c5ccccc5)oc34)o2)CC1. The zero-order valence-electron chi connectivity index (χ0n) is 22.2. The standard InChI is InChI=1S/C31H33ClN2O5/c1-20(2)19-37-31(36)34-12-10-21(11-13-34)18-33-30(35)27-9-8-26(38-27)16-23-14-25(32)15-24-17-28(39-29(23)24)22-6-4-3-5-7-22/h3-9,14-15,17,20-21H,10-13,16,18-19H2,1-2H3,(H,33,35). The predicted molar refractivity (Wildman–Crippen MR) is 151 cm³/mol. The van der Waals surface area contributed by atoms with Crippen LogP contribution in [0.3, 0.4) is 0 Å². The van der Waals surface area contributed by atoms with E-state index >= 15 is 0 Å². The normalized spacial score (nSPS) is 14.2. The van der Waals surface area contributed by atoms with Gasteiger partial charge in [-0.2, -0.15) is 0 Å². The van der Waals surface area contributed by atoms with Crippen molar-refractivity contribution in [3.8, 4) is 11.3 Å². The van der Waals surface area contributed by atoms with Crippen LogP contribution in [0.5, 0.6) is 0 Å². The molecule has 0 spiro atoms. The molecule has 4 aromatic rings. The van der Waals surface area contributed by atoms with Gasteiger partial charge in [-0.3, -0.25) is 4.79 Å². The van der Waals surface area contributed by atoms with Gasteiger partial charge >= 0.3 is 6.09 Å². The summed E-state index contributed by atoms with van der Waals surface area (Å²) in [4.78, 5) is 26.7. The molecule has 2 amide bonds. The van der Waals surface area contributed by atoms with Crippen LogP contribution in [-0.2, 0) is 11.2 Å². The van der Waals surface area contributed by atoms with Crippen molar-refractivity contribution in [3.63, 3.8) is 0 Å². The number of ether oxygens (including phenoxy) is 1. The molecule has 2 aromatic heterocycles. The highest BCUT2D eigenvalue weighted by Crippen LogP contribution is 2.33. The van der Waals surface area contributed by atoms with E-state index < -0.39 is 0 Å². The fraction of sp³-hybridized carbons (Fsp3) is 0.355. The first-order valence-corrected chi connectivity index (χ1v) is 13.8. The van der Waals surface area contributed by atoms with Gasteiger partial charge in [0.2, 0.25) is 0 Å². The first kappa shape index (κ1) is 26.9. The topological polar surface area (TPSA) is 84.9 Å². The molecule has 8 heteroatoms. The number of carbonyl (C=O) groups excluding carboxylic acids is 2. The molecule has 0 bridgehead atoms. The number of nitrogens with zero attached hydrogens (tertiary/aromatic N) is 1. The van der Waals surface area contributed by atoms with Gasteiger partial charge in [0, 0.05) is 47.6 Å². The fourth-order valence-corrected chi connectivity index (χ4v) is 5.07. The average molecular weight is 549 g/mol. The summed E-state index contributed by atoms with van der Waals surface area (Å²) in [6.45, 7) is 6.26. The third-order valence-corrected chi connectivity index (χ3v) is 7.15. The van der Waals surface area contributed by atoms with Crippen molar-refractivity contribution < 1.29 is 23.2 Å². The van der Waals surface area contributed by atoms with Crippen molar-refractivity contribution >= 4 is 34.6 Å². The highest BCUT2D eigenvalue weighted by molar-refractivity contribution is 6.31. The van der Waals surface area contributed by atoms with Crippen LogP contribution in [0.1, 0.15) is 48.6 Å². The first-order chi connectivity index (χ1) is 18.9. The summed E-state index contributed by atoms with van der Waals surface area (Å²) in [6.07, 6.45) is 1.83. The molecule has 0 aliphatic carbocycles. The number of piperidine rings is 1. The van der Waals surface area contributed by atoms with Crippen LogP contribution in [-0.4, -0.2) is 43.1 Å². The molecule has 1 N–H and O–H groups in total. The molecule has 5 rings (SSSR count). The van der Waals surface area contributed by atoms with E-state index in [1.807, 2.05) is 68.4 Å². The number of rotatable bonds is 8. The lowest BCUT2D eigenvalue weighted by atomic mass is 9.97. The van der Waals surface area contributed by atoms with E-state index in [1.165, 1.54) is 0 Å². The van der Waals surface area contributed by atoms with Crippen LogP contribution in [0.15, 0.2) is 69.5 Å². The molecular weight excluding hydrogens is 516 g/mol. The molecule has 1 aliphatic rings. The molecule has 2 aromatic carbocycles. The monoisotopic (exact) mass is 548 g/mol. The highest BCUT2D eigenvalue weighted by atomic mass is 35.5. The van der Waals surface area contributed by atoms with Crippen molar-refractivity contribution in [1.29, 1.82) is 0 Å². The molecule has 0 saturated carbocycles. The maximum atomic E-state index is 12.8. The average Bonchev–Trinajstić information content (AvgIpc) is 3.58. The maximum Gasteiger partial charge on any atom is 0.409 e. The number of hydrogen-bond acceptors (Lipinski definition) is 5. The van der Waals surface area contributed by atoms with Gasteiger partial charge in [-0.1, -0.05) is 55.8 Å². The molecule has 3 heterocycles. The fourth-order valence-electron chi connectivity index (χ4n) is 4.82. The van der Waals surface area contributed by atoms with E-state index in [0.29, 0.717) is 55.3 Å². The lowest BCUT2D eigenvalue weighted by Gasteiger charge is -2.31. The van der Waals surface area contributed by atoms with Gasteiger partial charge in [-0.15, -0.1) is 0 Å². The van der Waals surface area contributed by atoms with E-state index in [9.17, 15) is 9.59 Å². The molecule has 0 unspecified atom stereocenters. The smallest absolute Gasteiger partial charge is 0.409 e. The molecule has 1 fully saturated rings. The Bertz CT molecular complexity index is 1430. The first-order valence-electron chi connectivity index (χ1n) is 13.4. The zero-order valence-corrected chi connectivity index (χ0v) is 23.0. The number of furan rings is 2. The molecular formula is C31H33ClN2O5. The maximum absolute atomic E-state index is 12.8. The number of fused-ring (bicyclic) bond motifs is 1. The summed E-state index contributed by atoms with van der Waals surface area (Å²) in [5, 5.41) is 4.51. The van der Waals surface area contributed by atoms with Crippen molar-refractivity contribution in [2.45, 2.75) is 33.1 Å². The number of likely N-dealkylation sites (tertiary alicyclic amines) is 1. The van der Waals surface area contributed by atoms with E-state index in [1.54, 1.807) is 11.0 Å². The Morgan fingerprint density at radius 2 is 1.82 bits per heavy atom. The summed E-state index contributed by atoms with van der Waals surface area (Å²) in [5.41, 5.74) is 2.63. The van der Waals surface area contributed by atoms with E-state index in [2.05, 4.69) is 5.32 Å². The Hall–Kier alpha value is -3.71. The quantitative estimate of drug-likeness (QED) is 0.252. The van der Waals surface area contributed by atoms with Gasteiger partial charge in [0.1, 0.15) is 17.1 Å². The molecule has 1 aliphatic heterocycles. The number of nitrogens with one attached hydrogen (secondary N) is 1. The van der Waals surface area contributed by atoms with Crippen LogP contribution in [0, 0.1) is 11.8 Å². The summed E-state index contributed by atoms with van der Waals surface area (Å²) >= 11 is 6.41. The minimum atomic E-state index is -0.253.